The van der Waals surface area contributed by atoms with Gasteiger partial charge in [0.25, 0.3) is 0 Å². The summed E-state index contributed by atoms with van der Waals surface area (Å²) in [7, 11) is 0. The van der Waals surface area contributed by atoms with Gasteiger partial charge in [-0.15, -0.1) is 0 Å². The second kappa shape index (κ2) is 7.12. The lowest BCUT2D eigenvalue weighted by Gasteiger charge is -2.35. The van der Waals surface area contributed by atoms with Crippen molar-refractivity contribution in [1.82, 2.24) is 15.0 Å². The molecule has 0 spiro atoms. The van der Waals surface area contributed by atoms with Crippen LogP contribution >= 0.6 is 15.9 Å². The van der Waals surface area contributed by atoms with Gasteiger partial charge >= 0.3 is 0 Å². The average molecular weight is 377 g/mol. The van der Waals surface area contributed by atoms with Gasteiger partial charge in [0, 0.05) is 55.2 Å². The Hall–Kier alpha value is -1.89. The van der Waals surface area contributed by atoms with Gasteiger partial charge < -0.3 is 15.1 Å². The molecule has 122 valence electrons. The van der Waals surface area contributed by atoms with Crippen molar-refractivity contribution in [3.8, 4) is 0 Å². The Balaban J connectivity index is 1.68. The van der Waals surface area contributed by atoms with E-state index in [4.69, 9.17) is 0 Å². The predicted octanol–water partition coefficient (Wildman–Crippen LogP) is 2.70. The quantitative estimate of drug-likeness (QED) is 0.884. The molecule has 3 heterocycles. The minimum atomic E-state index is 0.810. The highest BCUT2D eigenvalue weighted by Crippen LogP contribution is 2.19. The Morgan fingerprint density at radius 1 is 1.13 bits per heavy atom. The number of halogens is 1. The minimum Gasteiger partial charge on any atom is -0.370 e. The summed E-state index contributed by atoms with van der Waals surface area (Å²) in [5.41, 5.74) is 0.989. The van der Waals surface area contributed by atoms with Crippen molar-refractivity contribution in [1.29, 1.82) is 0 Å². The Labute approximate surface area is 145 Å². The van der Waals surface area contributed by atoms with Crippen LogP contribution in [0.3, 0.4) is 0 Å². The molecule has 1 aliphatic heterocycles. The summed E-state index contributed by atoms with van der Waals surface area (Å²) < 4.78 is 1.00. The summed E-state index contributed by atoms with van der Waals surface area (Å²) in [4.78, 5) is 18.2. The lowest BCUT2D eigenvalue weighted by molar-refractivity contribution is 0.634. The largest absolute Gasteiger partial charge is 0.370 e. The van der Waals surface area contributed by atoms with Crippen LogP contribution < -0.4 is 15.1 Å². The maximum Gasteiger partial charge on any atom is 0.227 e. The van der Waals surface area contributed by atoms with Crippen LogP contribution in [0.1, 0.15) is 12.6 Å². The maximum atomic E-state index is 4.62. The van der Waals surface area contributed by atoms with Crippen molar-refractivity contribution in [3.05, 3.63) is 34.6 Å². The number of nitrogens with zero attached hydrogens (tertiary/aromatic N) is 5. The third-order valence-electron chi connectivity index (χ3n) is 3.80. The number of anilines is 3. The van der Waals surface area contributed by atoms with E-state index in [9.17, 15) is 0 Å². The molecule has 6 nitrogen and oxygen atoms in total. The zero-order valence-corrected chi connectivity index (χ0v) is 15.0. The van der Waals surface area contributed by atoms with E-state index < -0.39 is 0 Å². The Morgan fingerprint density at radius 3 is 2.52 bits per heavy atom. The van der Waals surface area contributed by atoms with E-state index in [1.165, 1.54) is 0 Å². The highest BCUT2D eigenvalue weighted by Gasteiger charge is 2.20. The van der Waals surface area contributed by atoms with E-state index in [2.05, 4.69) is 52.9 Å². The van der Waals surface area contributed by atoms with Gasteiger partial charge in [-0.05, 0) is 41.9 Å². The molecule has 0 atom stereocenters. The van der Waals surface area contributed by atoms with Crippen LogP contribution in [-0.4, -0.2) is 47.7 Å². The molecule has 0 aliphatic carbocycles. The predicted molar refractivity (Wildman–Crippen MR) is 97.3 cm³/mol. The van der Waals surface area contributed by atoms with Gasteiger partial charge in [-0.3, -0.25) is 0 Å². The second-order valence-corrected chi connectivity index (χ2v) is 6.45. The van der Waals surface area contributed by atoms with Crippen molar-refractivity contribution < 1.29 is 0 Å². The summed E-state index contributed by atoms with van der Waals surface area (Å²) in [6.45, 7) is 8.57. The molecule has 0 radical (unpaired) electrons. The summed E-state index contributed by atoms with van der Waals surface area (Å²) >= 11 is 3.42. The molecule has 0 unspecified atom stereocenters. The normalized spacial score (nSPS) is 14.9. The molecule has 1 N–H and O–H groups in total. The van der Waals surface area contributed by atoms with Crippen LogP contribution in [-0.2, 0) is 0 Å². The third kappa shape index (κ3) is 3.90. The number of rotatable bonds is 4. The van der Waals surface area contributed by atoms with Gasteiger partial charge in [0.15, 0.2) is 0 Å². The number of hydrogen-bond donors (Lipinski definition) is 1. The molecule has 0 saturated carbocycles. The Bertz CT molecular complexity index is 652. The molecule has 1 aliphatic rings. The van der Waals surface area contributed by atoms with Gasteiger partial charge in [-0.1, -0.05) is 0 Å². The second-order valence-electron chi connectivity index (χ2n) is 5.53. The number of aryl methyl sites for hydroxylation is 1. The van der Waals surface area contributed by atoms with Crippen molar-refractivity contribution in [2.24, 2.45) is 0 Å². The van der Waals surface area contributed by atoms with Crippen molar-refractivity contribution in [2.45, 2.75) is 13.8 Å². The number of pyridine rings is 1. The van der Waals surface area contributed by atoms with E-state index in [1.807, 2.05) is 31.3 Å². The maximum absolute atomic E-state index is 4.62. The molecule has 7 heteroatoms. The zero-order valence-electron chi connectivity index (χ0n) is 13.5. The van der Waals surface area contributed by atoms with Gasteiger partial charge in [-0.25, -0.2) is 9.97 Å². The fourth-order valence-corrected chi connectivity index (χ4v) is 2.89. The number of nitrogens with one attached hydrogen (secondary N) is 1. The molecule has 1 fully saturated rings. The minimum absolute atomic E-state index is 0.810. The first-order valence-electron chi connectivity index (χ1n) is 7.86. The van der Waals surface area contributed by atoms with E-state index in [1.54, 1.807) is 0 Å². The lowest BCUT2D eigenvalue weighted by Crippen LogP contribution is -2.47. The third-order valence-corrected chi connectivity index (χ3v) is 4.27. The van der Waals surface area contributed by atoms with Gasteiger partial charge in [0.05, 0.1) is 0 Å². The van der Waals surface area contributed by atoms with Crippen LogP contribution in [0.2, 0.25) is 0 Å². The van der Waals surface area contributed by atoms with Crippen LogP contribution in [0.5, 0.6) is 0 Å². The van der Waals surface area contributed by atoms with E-state index in [0.29, 0.717) is 0 Å². The molecular weight excluding hydrogens is 356 g/mol. The summed E-state index contributed by atoms with van der Waals surface area (Å²) in [5.74, 6) is 2.72. The standard InChI is InChI=1S/C16H21BrN6/c1-3-18-14-10-12(2)20-16(21-14)23-8-6-22(7-9-23)15-5-4-13(17)11-19-15/h4-5,10-11H,3,6-9H2,1-2H3,(H,18,20,21). The molecular formula is C16H21BrN6. The van der Waals surface area contributed by atoms with Gasteiger partial charge in [-0.2, -0.15) is 4.98 Å². The smallest absolute Gasteiger partial charge is 0.227 e. The fraction of sp³-hybridized carbons (Fsp3) is 0.438. The molecule has 23 heavy (non-hydrogen) atoms. The molecule has 2 aromatic heterocycles. The first-order chi connectivity index (χ1) is 11.2. The fourth-order valence-electron chi connectivity index (χ4n) is 2.66. The highest BCUT2D eigenvalue weighted by molar-refractivity contribution is 9.10. The van der Waals surface area contributed by atoms with Gasteiger partial charge in [0.1, 0.15) is 11.6 Å². The first-order valence-corrected chi connectivity index (χ1v) is 8.66. The van der Waals surface area contributed by atoms with Crippen molar-refractivity contribution >= 4 is 33.5 Å². The Morgan fingerprint density at radius 2 is 1.87 bits per heavy atom. The molecule has 0 aromatic carbocycles. The molecule has 2 aromatic rings. The molecule has 1 saturated heterocycles. The average Bonchev–Trinajstić information content (AvgIpc) is 2.55. The van der Waals surface area contributed by atoms with Crippen molar-refractivity contribution in [3.63, 3.8) is 0 Å². The van der Waals surface area contributed by atoms with Crippen molar-refractivity contribution in [2.75, 3.05) is 47.8 Å². The Kier molecular flexibility index (Phi) is 4.95. The SMILES string of the molecule is CCNc1cc(C)nc(N2CCN(c3ccc(Br)cn3)CC2)n1. The number of hydrogen-bond acceptors (Lipinski definition) is 6. The first kappa shape index (κ1) is 16.0. The van der Waals surface area contributed by atoms with Crippen LogP contribution in [0.15, 0.2) is 28.9 Å². The topological polar surface area (TPSA) is 57.2 Å². The zero-order chi connectivity index (χ0) is 16.2. The summed E-state index contributed by atoms with van der Waals surface area (Å²) in [6.07, 6.45) is 1.84. The summed E-state index contributed by atoms with van der Waals surface area (Å²) in [5, 5.41) is 3.27. The summed E-state index contributed by atoms with van der Waals surface area (Å²) in [6, 6.07) is 6.06. The van der Waals surface area contributed by atoms with E-state index >= 15 is 0 Å². The molecule has 3 rings (SSSR count). The van der Waals surface area contributed by atoms with Crippen LogP contribution in [0.25, 0.3) is 0 Å². The number of piperazine rings is 1. The van der Waals surface area contributed by atoms with E-state index in [-0.39, 0.29) is 0 Å². The molecule has 0 amide bonds. The lowest BCUT2D eigenvalue weighted by atomic mass is 10.3. The van der Waals surface area contributed by atoms with E-state index in [0.717, 1.165) is 60.5 Å². The molecule has 0 bridgehead atoms. The number of aromatic nitrogens is 3. The highest BCUT2D eigenvalue weighted by atomic mass is 79.9. The van der Waals surface area contributed by atoms with Gasteiger partial charge in [0.2, 0.25) is 5.95 Å². The van der Waals surface area contributed by atoms with Crippen LogP contribution in [0.4, 0.5) is 17.6 Å². The monoisotopic (exact) mass is 376 g/mol. The van der Waals surface area contributed by atoms with Crippen LogP contribution in [0, 0.1) is 6.92 Å².